The average molecular weight is 264 g/mol. The third-order valence-corrected chi connectivity index (χ3v) is 5.22. The highest BCUT2D eigenvalue weighted by atomic mass is 28.4. The van der Waals surface area contributed by atoms with Crippen LogP contribution in [0.3, 0.4) is 0 Å². The molecule has 102 valence electrons. The minimum atomic E-state index is -2.70. The Balaban J connectivity index is 4.56. The molecule has 1 atom stereocenters. The van der Waals surface area contributed by atoms with E-state index in [0.29, 0.717) is 13.2 Å². The smallest absolute Gasteiger partial charge is 0.437 e. The van der Waals surface area contributed by atoms with E-state index in [1.807, 2.05) is 20.8 Å². The summed E-state index contributed by atoms with van der Waals surface area (Å²) in [5.74, 6) is -0.370. The maximum Gasteiger partial charge on any atom is 0.503 e. The molecule has 0 fully saturated rings. The van der Waals surface area contributed by atoms with Gasteiger partial charge in [0, 0.05) is 26.2 Å². The van der Waals surface area contributed by atoms with Crippen LogP contribution in [0.4, 0.5) is 0 Å². The van der Waals surface area contributed by atoms with Crippen LogP contribution in [0, 0.1) is 0 Å². The molecule has 0 N–H and O–H groups in total. The Bertz CT molecular complexity index is 205. The molecule has 0 bridgehead atoms. The van der Waals surface area contributed by atoms with Crippen LogP contribution >= 0.6 is 0 Å². The van der Waals surface area contributed by atoms with Gasteiger partial charge in [0.15, 0.2) is 6.29 Å². The second-order valence-electron chi connectivity index (χ2n) is 3.59. The maximum atomic E-state index is 10.8. The van der Waals surface area contributed by atoms with Crippen molar-refractivity contribution in [2.75, 3.05) is 13.2 Å². The summed E-state index contributed by atoms with van der Waals surface area (Å²) in [6.45, 7) is 9.92. The summed E-state index contributed by atoms with van der Waals surface area (Å²) in [5, 5.41) is 0. The van der Waals surface area contributed by atoms with E-state index in [2.05, 4.69) is 0 Å². The molecule has 0 rings (SSSR count). The first-order valence-electron chi connectivity index (χ1n) is 6.12. The number of carbonyl (C=O) groups is 1. The van der Waals surface area contributed by atoms with Gasteiger partial charge in [0.05, 0.1) is 0 Å². The van der Waals surface area contributed by atoms with Gasteiger partial charge < -0.3 is 18.0 Å². The van der Waals surface area contributed by atoms with Gasteiger partial charge in [0.25, 0.3) is 0 Å². The first-order valence-corrected chi connectivity index (χ1v) is 8.05. The summed E-state index contributed by atoms with van der Waals surface area (Å²) in [7, 11) is -2.70. The lowest BCUT2D eigenvalue weighted by Crippen LogP contribution is -2.48. The third-order valence-electron chi connectivity index (χ3n) is 1.96. The van der Waals surface area contributed by atoms with Gasteiger partial charge in [0.2, 0.25) is 0 Å². The van der Waals surface area contributed by atoms with E-state index >= 15 is 0 Å². The van der Waals surface area contributed by atoms with Gasteiger partial charge in [-0.05, 0) is 20.8 Å². The molecule has 0 aliphatic rings. The standard InChI is InChI=1S/C11H24O5Si/c1-6-9-17(13-7-2,14-8-3)16-11(5)15-10(4)12/h11H,6-9H2,1-5H3. The van der Waals surface area contributed by atoms with Crippen molar-refractivity contribution >= 4 is 14.8 Å². The SMILES string of the molecule is CCC[Si](OCC)(OCC)OC(C)OC(C)=O. The van der Waals surface area contributed by atoms with Crippen molar-refractivity contribution in [2.45, 2.75) is 53.4 Å². The molecular weight excluding hydrogens is 240 g/mol. The van der Waals surface area contributed by atoms with Crippen molar-refractivity contribution in [3.8, 4) is 0 Å². The molecule has 0 aliphatic heterocycles. The lowest BCUT2D eigenvalue weighted by molar-refractivity contribution is -0.164. The molecule has 0 aromatic heterocycles. The van der Waals surface area contributed by atoms with Crippen molar-refractivity contribution in [1.82, 2.24) is 0 Å². The minimum Gasteiger partial charge on any atom is -0.437 e. The van der Waals surface area contributed by atoms with E-state index in [4.69, 9.17) is 18.0 Å². The van der Waals surface area contributed by atoms with Crippen LogP contribution in [0.25, 0.3) is 0 Å². The van der Waals surface area contributed by atoms with Gasteiger partial charge in [0.1, 0.15) is 0 Å². The Hall–Kier alpha value is -0.433. The highest BCUT2D eigenvalue weighted by Crippen LogP contribution is 2.20. The van der Waals surface area contributed by atoms with E-state index in [9.17, 15) is 4.79 Å². The Morgan fingerprint density at radius 1 is 1.18 bits per heavy atom. The summed E-state index contributed by atoms with van der Waals surface area (Å²) in [4.78, 5) is 10.8. The summed E-state index contributed by atoms with van der Waals surface area (Å²) in [5.41, 5.74) is 0. The molecule has 0 spiro atoms. The molecule has 0 amide bonds. The molecule has 0 radical (unpaired) electrons. The van der Waals surface area contributed by atoms with Gasteiger partial charge in [-0.25, -0.2) is 0 Å². The summed E-state index contributed by atoms with van der Waals surface area (Å²) in [6, 6.07) is 0.723. The van der Waals surface area contributed by atoms with E-state index in [0.717, 1.165) is 12.5 Å². The molecule has 0 aromatic rings. The van der Waals surface area contributed by atoms with E-state index < -0.39 is 15.1 Å². The van der Waals surface area contributed by atoms with E-state index in [1.165, 1.54) is 6.92 Å². The van der Waals surface area contributed by atoms with Crippen LogP contribution in [0.5, 0.6) is 0 Å². The lowest BCUT2D eigenvalue weighted by Gasteiger charge is -2.30. The molecule has 0 aromatic carbocycles. The topological polar surface area (TPSA) is 54.0 Å². The molecule has 0 aliphatic carbocycles. The predicted molar refractivity (Wildman–Crippen MR) is 66.4 cm³/mol. The van der Waals surface area contributed by atoms with Crippen molar-refractivity contribution < 1.29 is 22.8 Å². The van der Waals surface area contributed by atoms with Crippen LogP contribution in [0.15, 0.2) is 0 Å². The van der Waals surface area contributed by atoms with Crippen molar-refractivity contribution in [1.29, 1.82) is 0 Å². The van der Waals surface area contributed by atoms with Gasteiger partial charge in [-0.1, -0.05) is 13.3 Å². The monoisotopic (exact) mass is 264 g/mol. The van der Waals surface area contributed by atoms with Crippen LogP contribution < -0.4 is 0 Å². The molecule has 0 saturated carbocycles. The summed E-state index contributed by atoms with van der Waals surface area (Å²) in [6.07, 6.45) is 0.266. The number of ether oxygens (including phenoxy) is 1. The van der Waals surface area contributed by atoms with Gasteiger partial charge in [-0.3, -0.25) is 4.79 Å². The van der Waals surface area contributed by atoms with Crippen LogP contribution in [0.2, 0.25) is 6.04 Å². The Labute approximate surface area is 105 Å². The first kappa shape index (κ1) is 16.6. The van der Waals surface area contributed by atoms with E-state index in [1.54, 1.807) is 6.92 Å². The zero-order valence-electron chi connectivity index (χ0n) is 11.4. The summed E-state index contributed by atoms with van der Waals surface area (Å²) < 4.78 is 22.0. The molecule has 0 heterocycles. The Morgan fingerprint density at radius 2 is 1.71 bits per heavy atom. The fraction of sp³-hybridized carbons (Fsp3) is 0.909. The van der Waals surface area contributed by atoms with Crippen LogP contribution in [0.1, 0.15) is 41.0 Å². The average Bonchev–Trinajstić information content (AvgIpc) is 2.16. The second kappa shape index (κ2) is 8.63. The van der Waals surface area contributed by atoms with Gasteiger partial charge >= 0.3 is 14.8 Å². The minimum absolute atomic E-state index is 0.370. The quantitative estimate of drug-likeness (QED) is 0.363. The van der Waals surface area contributed by atoms with Crippen molar-refractivity contribution in [3.63, 3.8) is 0 Å². The number of carbonyl (C=O) groups excluding carboxylic acids is 1. The number of rotatable bonds is 9. The maximum absolute atomic E-state index is 10.8. The number of hydrogen-bond acceptors (Lipinski definition) is 5. The number of esters is 1. The van der Waals surface area contributed by atoms with Gasteiger partial charge in [-0.15, -0.1) is 0 Å². The van der Waals surface area contributed by atoms with Crippen LogP contribution in [-0.2, 0) is 22.8 Å². The Morgan fingerprint density at radius 3 is 2.06 bits per heavy atom. The molecule has 5 nitrogen and oxygen atoms in total. The fourth-order valence-electron chi connectivity index (χ4n) is 1.57. The molecule has 1 unspecified atom stereocenters. The lowest BCUT2D eigenvalue weighted by atomic mass is 10.6. The van der Waals surface area contributed by atoms with Crippen molar-refractivity contribution in [2.24, 2.45) is 0 Å². The zero-order valence-corrected chi connectivity index (χ0v) is 12.4. The fourth-order valence-corrected chi connectivity index (χ4v) is 4.24. The highest BCUT2D eigenvalue weighted by Gasteiger charge is 2.42. The van der Waals surface area contributed by atoms with Crippen molar-refractivity contribution in [3.05, 3.63) is 0 Å². The molecule has 17 heavy (non-hydrogen) atoms. The third kappa shape index (κ3) is 6.77. The normalized spacial score (nSPS) is 13.5. The molecule has 0 saturated heterocycles. The molecule has 6 heteroatoms. The largest absolute Gasteiger partial charge is 0.503 e. The highest BCUT2D eigenvalue weighted by molar-refractivity contribution is 6.60. The van der Waals surface area contributed by atoms with Crippen LogP contribution in [-0.4, -0.2) is 34.3 Å². The van der Waals surface area contributed by atoms with E-state index in [-0.39, 0.29) is 5.97 Å². The summed E-state index contributed by atoms with van der Waals surface area (Å²) >= 11 is 0. The van der Waals surface area contributed by atoms with Gasteiger partial charge in [-0.2, -0.15) is 0 Å². The predicted octanol–water partition coefficient (Wildman–Crippen LogP) is 2.33. The zero-order chi connectivity index (χ0) is 13.3. The number of hydrogen-bond donors (Lipinski definition) is 0. The Kier molecular flexibility index (Phi) is 8.41. The second-order valence-corrected chi connectivity index (χ2v) is 6.27. The first-order chi connectivity index (χ1) is 7.99. The molecular formula is C11H24O5Si.